The Hall–Kier alpha value is -0.600. The second kappa shape index (κ2) is 6.53. The zero-order valence-electron chi connectivity index (χ0n) is 10.9. The molecule has 1 N–H and O–H groups in total. The molecule has 3 heteroatoms. The van der Waals surface area contributed by atoms with Gasteiger partial charge in [-0.25, -0.2) is 4.39 Å². The summed E-state index contributed by atoms with van der Waals surface area (Å²) in [6.45, 7) is 3.16. The minimum atomic E-state index is -0.248. The van der Waals surface area contributed by atoms with Crippen LogP contribution in [0.3, 0.4) is 0 Å². The normalized spacial score (nSPS) is 17.5. The van der Waals surface area contributed by atoms with E-state index >= 15 is 0 Å². The van der Waals surface area contributed by atoms with Crippen molar-refractivity contribution in [2.45, 2.75) is 45.1 Å². The highest BCUT2D eigenvalue weighted by Gasteiger charge is 2.27. The summed E-state index contributed by atoms with van der Waals surface area (Å²) in [6, 6.07) is 5.68. The molecule has 0 aromatic heterocycles. The Morgan fingerprint density at radius 1 is 1.44 bits per heavy atom. The van der Waals surface area contributed by atoms with Gasteiger partial charge in [-0.3, -0.25) is 0 Å². The van der Waals surface area contributed by atoms with Gasteiger partial charge in [0.2, 0.25) is 0 Å². The molecule has 1 saturated carbocycles. The van der Waals surface area contributed by atoms with Crippen LogP contribution in [0.5, 0.6) is 0 Å². The standard InChI is InChI=1S/C15H21ClFN/c1-2-9-18-14(11-5-3-6-11)10-12-7-4-8-13(16)15(12)17/h4,7-8,11,14,18H,2-3,5-6,9-10H2,1H3. The maximum Gasteiger partial charge on any atom is 0.145 e. The van der Waals surface area contributed by atoms with Gasteiger partial charge >= 0.3 is 0 Å². The van der Waals surface area contributed by atoms with E-state index in [1.807, 2.05) is 12.1 Å². The largest absolute Gasteiger partial charge is 0.313 e. The monoisotopic (exact) mass is 269 g/mol. The van der Waals surface area contributed by atoms with Crippen LogP contribution in [0.15, 0.2) is 18.2 Å². The summed E-state index contributed by atoms with van der Waals surface area (Å²) in [5, 5.41) is 3.79. The molecule has 1 unspecified atom stereocenters. The third-order valence-electron chi connectivity index (χ3n) is 3.85. The van der Waals surface area contributed by atoms with Gasteiger partial charge in [-0.15, -0.1) is 0 Å². The van der Waals surface area contributed by atoms with Crippen molar-refractivity contribution in [1.29, 1.82) is 0 Å². The summed E-state index contributed by atoms with van der Waals surface area (Å²) >= 11 is 5.83. The molecule has 1 aromatic carbocycles. The Kier molecular flexibility index (Phi) is 5.02. The highest BCUT2D eigenvalue weighted by Crippen LogP contribution is 2.32. The Labute approximate surface area is 114 Å². The molecule has 100 valence electrons. The summed E-state index contributed by atoms with van der Waals surface area (Å²) in [6.07, 6.45) is 5.71. The minimum Gasteiger partial charge on any atom is -0.313 e. The predicted molar refractivity (Wildman–Crippen MR) is 74.5 cm³/mol. The van der Waals surface area contributed by atoms with Crippen LogP contribution in [-0.2, 0) is 6.42 Å². The van der Waals surface area contributed by atoms with Crippen LogP contribution in [0.1, 0.15) is 38.2 Å². The summed E-state index contributed by atoms with van der Waals surface area (Å²) in [5.41, 5.74) is 0.739. The fraction of sp³-hybridized carbons (Fsp3) is 0.600. The van der Waals surface area contributed by atoms with Gasteiger partial charge in [0.1, 0.15) is 5.82 Å². The van der Waals surface area contributed by atoms with E-state index in [-0.39, 0.29) is 10.8 Å². The fourth-order valence-corrected chi connectivity index (χ4v) is 2.71. The number of benzene rings is 1. The van der Waals surface area contributed by atoms with Gasteiger partial charge in [-0.1, -0.05) is 37.1 Å². The van der Waals surface area contributed by atoms with Gasteiger partial charge in [-0.05, 0) is 49.8 Å². The Morgan fingerprint density at radius 3 is 2.83 bits per heavy atom. The van der Waals surface area contributed by atoms with Crippen molar-refractivity contribution in [2.75, 3.05) is 6.54 Å². The smallest absolute Gasteiger partial charge is 0.145 e. The SMILES string of the molecule is CCCNC(Cc1cccc(Cl)c1F)C1CCC1. The highest BCUT2D eigenvalue weighted by atomic mass is 35.5. The molecule has 1 fully saturated rings. The van der Waals surface area contributed by atoms with Gasteiger partial charge in [0.05, 0.1) is 5.02 Å². The quantitative estimate of drug-likeness (QED) is 0.817. The molecule has 0 spiro atoms. The van der Waals surface area contributed by atoms with Crippen molar-refractivity contribution >= 4 is 11.6 Å². The summed E-state index contributed by atoms with van der Waals surface area (Å²) < 4.78 is 13.9. The molecule has 0 amide bonds. The maximum absolute atomic E-state index is 13.9. The third kappa shape index (κ3) is 3.24. The van der Waals surface area contributed by atoms with E-state index in [1.165, 1.54) is 19.3 Å². The van der Waals surface area contributed by atoms with E-state index in [0.29, 0.717) is 12.0 Å². The lowest BCUT2D eigenvalue weighted by molar-refractivity contribution is 0.226. The number of nitrogens with one attached hydrogen (secondary N) is 1. The molecule has 1 aromatic rings. The van der Waals surface area contributed by atoms with Crippen LogP contribution in [0.25, 0.3) is 0 Å². The lowest BCUT2D eigenvalue weighted by atomic mass is 9.77. The molecule has 0 bridgehead atoms. The van der Waals surface area contributed by atoms with Gasteiger partial charge in [0.15, 0.2) is 0 Å². The Bertz CT molecular complexity index is 390. The zero-order chi connectivity index (χ0) is 13.0. The van der Waals surface area contributed by atoms with Gasteiger partial charge in [0.25, 0.3) is 0 Å². The van der Waals surface area contributed by atoms with E-state index in [9.17, 15) is 4.39 Å². The van der Waals surface area contributed by atoms with Gasteiger partial charge in [0, 0.05) is 6.04 Å². The van der Waals surface area contributed by atoms with Crippen molar-refractivity contribution in [3.05, 3.63) is 34.6 Å². The third-order valence-corrected chi connectivity index (χ3v) is 4.14. The van der Waals surface area contributed by atoms with Crippen LogP contribution in [-0.4, -0.2) is 12.6 Å². The molecule has 1 atom stereocenters. The Balaban J connectivity index is 2.04. The molecule has 18 heavy (non-hydrogen) atoms. The fourth-order valence-electron chi connectivity index (χ4n) is 2.52. The lowest BCUT2D eigenvalue weighted by Gasteiger charge is -2.34. The second-order valence-corrected chi connectivity index (χ2v) is 5.58. The number of hydrogen-bond donors (Lipinski definition) is 1. The summed E-state index contributed by atoms with van der Waals surface area (Å²) in [5.74, 6) is 0.455. The molecule has 0 heterocycles. The molecule has 1 aliphatic carbocycles. The van der Waals surface area contributed by atoms with Crippen molar-refractivity contribution < 1.29 is 4.39 Å². The van der Waals surface area contributed by atoms with Crippen molar-refractivity contribution in [3.63, 3.8) is 0 Å². The number of hydrogen-bond acceptors (Lipinski definition) is 1. The van der Waals surface area contributed by atoms with E-state index in [1.54, 1.807) is 6.07 Å². The van der Waals surface area contributed by atoms with Crippen molar-refractivity contribution in [2.24, 2.45) is 5.92 Å². The van der Waals surface area contributed by atoms with Crippen LogP contribution >= 0.6 is 11.6 Å². The molecular weight excluding hydrogens is 249 g/mol. The van der Waals surface area contributed by atoms with Crippen LogP contribution in [0.2, 0.25) is 5.02 Å². The van der Waals surface area contributed by atoms with E-state index in [4.69, 9.17) is 11.6 Å². The predicted octanol–water partition coefficient (Wildman–Crippen LogP) is 4.19. The summed E-state index contributed by atoms with van der Waals surface area (Å²) in [4.78, 5) is 0. The average Bonchev–Trinajstić information content (AvgIpc) is 2.29. The van der Waals surface area contributed by atoms with Crippen LogP contribution in [0, 0.1) is 11.7 Å². The minimum absolute atomic E-state index is 0.232. The van der Waals surface area contributed by atoms with Gasteiger partial charge in [-0.2, -0.15) is 0 Å². The first-order valence-electron chi connectivity index (χ1n) is 6.88. The van der Waals surface area contributed by atoms with E-state index in [0.717, 1.165) is 24.9 Å². The number of rotatable bonds is 6. The lowest BCUT2D eigenvalue weighted by Crippen LogP contribution is -2.41. The van der Waals surface area contributed by atoms with Crippen molar-refractivity contribution in [1.82, 2.24) is 5.32 Å². The molecule has 0 aliphatic heterocycles. The van der Waals surface area contributed by atoms with Crippen LogP contribution < -0.4 is 5.32 Å². The molecule has 1 aliphatic rings. The van der Waals surface area contributed by atoms with E-state index < -0.39 is 0 Å². The van der Waals surface area contributed by atoms with Gasteiger partial charge < -0.3 is 5.32 Å². The molecule has 2 rings (SSSR count). The second-order valence-electron chi connectivity index (χ2n) is 5.17. The first-order chi connectivity index (χ1) is 8.72. The summed E-state index contributed by atoms with van der Waals surface area (Å²) in [7, 11) is 0. The van der Waals surface area contributed by atoms with E-state index in [2.05, 4.69) is 12.2 Å². The molecule has 1 nitrogen and oxygen atoms in total. The topological polar surface area (TPSA) is 12.0 Å². The first kappa shape index (κ1) is 13.8. The maximum atomic E-state index is 13.9. The molecular formula is C15H21ClFN. The van der Waals surface area contributed by atoms with Crippen molar-refractivity contribution in [3.8, 4) is 0 Å². The molecule has 0 saturated heterocycles. The van der Waals surface area contributed by atoms with Crippen LogP contribution in [0.4, 0.5) is 4.39 Å². The molecule has 0 radical (unpaired) electrons. The average molecular weight is 270 g/mol. The first-order valence-corrected chi connectivity index (χ1v) is 7.26. The zero-order valence-corrected chi connectivity index (χ0v) is 11.6. The Morgan fingerprint density at radius 2 is 2.22 bits per heavy atom. The number of halogens is 2. The highest BCUT2D eigenvalue weighted by molar-refractivity contribution is 6.30.